The van der Waals surface area contributed by atoms with Gasteiger partial charge in [0.05, 0.1) is 6.61 Å². The van der Waals surface area contributed by atoms with Crippen molar-refractivity contribution in [2.24, 2.45) is 0 Å². The van der Waals surface area contributed by atoms with E-state index in [0.717, 1.165) is 12.8 Å². The molecule has 1 amide bonds. The van der Waals surface area contributed by atoms with Gasteiger partial charge < -0.3 is 19.9 Å². The number of rotatable bonds is 8. The summed E-state index contributed by atoms with van der Waals surface area (Å²) in [5, 5.41) is 11.0. The fourth-order valence-electron chi connectivity index (χ4n) is 2.26. The Morgan fingerprint density at radius 1 is 1.19 bits per heavy atom. The average Bonchev–Trinajstić information content (AvgIpc) is 2.92. The summed E-state index contributed by atoms with van der Waals surface area (Å²) in [6.45, 7) is 0.00968. The fourth-order valence-corrected chi connectivity index (χ4v) is 2.26. The van der Waals surface area contributed by atoms with Crippen LogP contribution in [0.15, 0.2) is 18.2 Å². The molecule has 21 heavy (non-hydrogen) atoms. The molecule has 0 aliphatic heterocycles. The molecule has 2 N–H and O–H groups in total. The summed E-state index contributed by atoms with van der Waals surface area (Å²) in [5.41, 5.74) is 2.66. The van der Waals surface area contributed by atoms with Gasteiger partial charge in [0.25, 0.3) is 5.91 Å². The summed E-state index contributed by atoms with van der Waals surface area (Å²) >= 11 is 0. The van der Waals surface area contributed by atoms with Gasteiger partial charge in [-0.1, -0.05) is 6.07 Å². The Morgan fingerprint density at radius 2 is 2.00 bits per heavy atom. The number of carbonyl (C=O) groups excluding carboxylic acids is 1. The van der Waals surface area contributed by atoms with Gasteiger partial charge in [0.2, 0.25) is 0 Å². The third-order valence-corrected chi connectivity index (χ3v) is 3.23. The first kappa shape index (κ1) is 15.3. The van der Waals surface area contributed by atoms with Crippen molar-refractivity contribution in [2.75, 3.05) is 26.4 Å². The Bertz CT molecular complexity index is 515. The van der Waals surface area contributed by atoms with Crippen LogP contribution in [0.2, 0.25) is 0 Å². The monoisotopic (exact) mass is 293 g/mol. The Morgan fingerprint density at radius 3 is 2.81 bits per heavy atom. The number of fused-ring (bicyclic) bond motifs is 1. The van der Waals surface area contributed by atoms with Gasteiger partial charge in [-0.2, -0.15) is 0 Å². The van der Waals surface area contributed by atoms with Crippen molar-refractivity contribution >= 4 is 11.9 Å². The molecule has 0 radical (unpaired) electrons. The molecule has 1 aliphatic rings. The summed E-state index contributed by atoms with van der Waals surface area (Å²) in [4.78, 5) is 21.7. The summed E-state index contributed by atoms with van der Waals surface area (Å²) in [6, 6.07) is 5.92. The van der Waals surface area contributed by atoms with Crippen LogP contribution in [0.1, 0.15) is 17.5 Å². The number of benzene rings is 1. The molecule has 0 heterocycles. The van der Waals surface area contributed by atoms with Crippen LogP contribution < -0.4 is 10.1 Å². The third-order valence-electron chi connectivity index (χ3n) is 3.23. The van der Waals surface area contributed by atoms with E-state index in [1.807, 2.05) is 12.1 Å². The highest BCUT2D eigenvalue weighted by Crippen LogP contribution is 2.25. The molecule has 1 aromatic rings. The van der Waals surface area contributed by atoms with Gasteiger partial charge in [-0.25, -0.2) is 4.79 Å². The Hall–Kier alpha value is -2.08. The quantitative estimate of drug-likeness (QED) is 0.692. The molecule has 0 unspecified atom stereocenters. The second-order valence-electron chi connectivity index (χ2n) is 4.87. The van der Waals surface area contributed by atoms with Crippen LogP contribution in [0, 0.1) is 0 Å². The van der Waals surface area contributed by atoms with Gasteiger partial charge in [-0.05, 0) is 42.5 Å². The molecule has 0 bridgehead atoms. The van der Waals surface area contributed by atoms with E-state index in [1.165, 1.54) is 17.5 Å². The lowest BCUT2D eigenvalue weighted by Crippen LogP contribution is -2.32. The van der Waals surface area contributed by atoms with Crippen LogP contribution >= 0.6 is 0 Å². The largest absolute Gasteiger partial charge is 0.484 e. The maximum atomic E-state index is 11.5. The van der Waals surface area contributed by atoms with Gasteiger partial charge in [-0.15, -0.1) is 0 Å². The molecule has 6 nitrogen and oxygen atoms in total. The van der Waals surface area contributed by atoms with Crippen molar-refractivity contribution in [3.05, 3.63) is 29.3 Å². The highest BCUT2D eigenvalue weighted by Gasteiger charge is 2.11. The molecule has 0 saturated heterocycles. The second-order valence-corrected chi connectivity index (χ2v) is 4.87. The van der Waals surface area contributed by atoms with Crippen LogP contribution in [0.5, 0.6) is 5.75 Å². The van der Waals surface area contributed by atoms with E-state index < -0.39 is 5.97 Å². The van der Waals surface area contributed by atoms with Crippen molar-refractivity contribution in [3.63, 3.8) is 0 Å². The van der Waals surface area contributed by atoms with Gasteiger partial charge >= 0.3 is 5.97 Å². The highest BCUT2D eigenvalue weighted by atomic mass is 16.5. The van der Waals surface area contributed by atoms with E-state index in [4.69, 9.17) is 14.6 Å². The molecule has 0 saturated carbocycles. The molecule has 0 spiro atoms. The molecule has 1 aromatic carbocycles. The molecule has 6 heteroatoms. The maximum absolute atomic E-state index is 11.5. The minimum Gasteiger partial charge on any atom is -0.484 e. The Labute approximate surface area is 123 Å². The first-order valence-corrected chi connectivity index (χ1v) is 6.96. The molecule has 0 aromatic heterocycles. The number of aliphatic carboxylic acids is 1. The zero-order valence-electron chi connectivity index (χ0n) is 11.8. The number of carboxylic acids is 1. The minimum atomic E-state index is -1.03. The van der Waals surface area contributed by atoms with Crippen molar-refractivity contribution in [3.8, 4) is 5.75 Å². The number of amides is 1. The molecule has 2 rings (SSSR count). The smallest absolute Gasteiger partial charge is 0.329 e. The molecule has 0 fully saturated rings. The van der Waals surface area contributed by atoms with Gasteiger partial charge in [0, 0.05) is 6.54 Å². The van der Waals surface area contributed by atoms with E-state index in [-0.39, 0.29) is 32.3 Å². The lowest BCUT2D eigenvalue weighted by molar-refractivity contribution is -0.142. The summed E-state index contributed by atoms with van der Waals surface area (Å²) < 4.78 is 10.2. The first-order valence-electron chi connectivity index (χ1n) is 6.96. The van der Waals surface area contributed by atoms with Crippen LogP contribution in [-0.2, 0) is 27.2 Å². The van der Waals surface area contributed by atoms with Crippen LogP contribution in [0.3, 0.4) is 0 Å². The SMILES string of the molecule is O=C(O)COCCNC(=O)COc1ccc2c(c1)CCC2. The highest BCUT2D eigenvalue weighted by molar-refractivity contribution is 5.77. The van der Waals surface area contributed by atoms with Crippen molar-refractivity contribution in [1.82, 2.24) is 5.32 Å². The molecule has 114 valence electrons. The van der Waals surface area contributed by atoms with E-state index in [0.29, 0.717) is 5.75 Å². The van der Waals surface area contributed by atoms with Crippen LogP contribution in [0.25, 0.3) is 0 Å². The van der Waals surface area contributed by atoms with Crippen molar-refractivity contribution in [2.45, 2.75) is 19.3 Å². The molecule has 1 aliphatic carbocycles. The molecule has 0 atom stereocenters. The number of ether oxygens (including phenoxy) is 2. The van der Waals surface area contributed by atoms with E-state index in [1.54, 1.807) is 0 Å². The Kier molecular flexibility index (Phi) is 5.57. The first-order chi connectivity index (χ1) is 10.1. The number of carboxylic acid groups (broad SMARTS) is 1. The second kappa shape index (κ2) is 7.64. The topological polar surface area (TPSA) is 84.9 Å². The average molecular weight is 293 g/mol. The minimum absolute atomic E-state index is 0.0578. The third kappa shape index (κ3) is 5.07. The maximum Gasteiger partial charge on any atom is 0.329 e. The van der Waals surface area contributed by atoms with Crippen molar-refractivity contribution < 1.29 is 24.2 Å². The predicted octanol–water partition coefficient (Wildman–Crippen LogP) is 0.772. The fraction of sp³-hybridized carbons (Fsp3) is 0.467. The van der Waals surface area contributed by atoms with E-state index >= 15 is 0 Å². The molecular formula is C15H19NO5. The lowest BCUT2D eigenvalue weighted by Gasteiger charge is -2.09. The predicted molar refractivity (Wildman–Crippen MR) is 75.4 cm³/mol. The number of nitrogens with one attached hydrogen (secondary N) is 1. The number of aryl methyl sites for hydroxylation is 2. The standard InChI is InChI=1S/C15H19NO5/c17-14(16-6-7-20-10-15(18)19)9-21-13-5-4-11-2-1-3-12(11)8-13/h4-5,8H,1-3,6-7,9-10H2,(H,16,17)(H,18,19). The van der Waals surface area contributed by atoms with Gasteiger partial charge in [0.15, 0.2) is 6.61 Å². The number of hydrogen-bond donors (Lipinski definition) is 2. The van der Waals surface area contributed by atoms with Crippen LogP contribution in [0.4, 0.5) is 0 Å². The summed E-state index contributed by atoms with van der Waals surface area (Å²) in [5.74, 6) is -0.580. The normalized spacial score (nSPS) is 12.8. The zero-order chi connectivity index (χ0) is 15.1. The van der Waals surface area contributed by atoms with E-state index in [2.05, 4.69) is 11.4 Å². The van der Waals surface area contributed by atoms with Gasteiger partial charge in [-0.3, -0.25) is 4.79 Å². The van der Waals surface area contributed by atoms with Crippen LogP contribution in [-0.4, -0.2) is 43.3 Å². The lowest BCUT2D eigenvalue weighted by atomic mass is 10.1. The number of carbonyl (C=O) groups is 2. The summed E-state index contributed by atoms with van der Waals surface area (Å²) in [6.07, 6.45) is 3.36. The Balaban J connectivity index is 1.63. The number of hydrogen-bond acceptors (Lipinski definition) is 4. The zero-order valence-corrected chi connectivity index (χ0v) is 11.8. The van der Waals surface area contributed by atoms with Gasteiger partial charge in [0.1, 0.15) is 12.4 Å². The summed E-state index contributed by atoms with van der Waals surface area (Å²) in [7, 11) is 0. The van der Waals surface area contributed by atoms with Crippen molar-refractivity contribution in [1.29, 1.82) is 0 Å². The van der Waals surface area contributed by atoms with E-state index in [9.17, 15) is 9.59 Å². The molecular weight excluding hydrogens is 274 g/mol.